The number of hydrogen-bond acceptors (Lipinski definition) is 4. The van der Waals surface area contributed by atoms with Crippen LogP contribution in [0.5, 0.6) is 0 Å². The van der Waals surface area contributed by atoms with Crippen molar-refractivity contribution in [2.24, 2.45) is 5.92 Å². The van der Waals surface area contributed by atoms with Crippen LogP contribution in [0, 0.1) is 12.8 Å². The number of carboxylic acid groups (broad SMARTS) is 1. The minimum absolute atomic E-state index is 0.249. The third-order valence-corrected chi connectivity index (χ3v) is 2.82. The van der Waals surface area contributed by atoms with E-state index in [0.29, 0.717) is 13.0 Å². The van der Waals surface area contributed by atoms with Gasteiger partial charge in [0.15, 0.2) is 0 Å². The Labute approximate surface area is 98.3 Å². The van der Waals surface area contributed by atoms with Gasteiger partial charge in [0.05, 0.1) is 17.8 Å². The van der Waals surface area contributed by atoms with Crippen molar-refractivity contribution in [3.63, 3.8) is 0 Å². The monoisotopic (exact) mass is 235 g/mol. The molecule has 17 heavy (non-hydrogen) atoms. The van der Waals surface area contributed by atoms with E-state index in [4.69, 9.17) is 5.11 Å². The molecule has 0 spiro atoms. The molecule has 6 heteroatoms. The summed E-state index contributed by atoms with van der Waals surface area (Å²) in [5.41, 5.74) is 1.01. The van der Waals surface area contributed by atoms with E-state index >= 15 is 0 Å². The lowest BCUT2D eigenvalue weighted by Crippen LogP contribution is -2.30. The molecule has 1 amide bonds. The molecule has 0 aliphatic carbocycles. The molecule has 6 nitrogen and oxygen atoms in total. The van der Waals surface area contributed by atoms with Crippen molar-refractivity contribution in [1.82, 2.24) is 14.9 Å². The molecule has 1 aliphatic heterocycles. The van der Waals surface area contributed by atoms with Crippen molar-refractivity contribution in [2.45, 2.75) is 13.3 Å². The molecule has 1 saturated heterocycles. The minimum atomic E-state index is -0.852. The van der Waals surface area contributed by atoms with Gasteiger partial charge in [-0.1, -0.05) is 0 Å². The highest BCUT2D eigenvalue weighted by molar-refractivity contribution is 5.92. The summed E-state index contributed by atoms with van der Waals surface area (Å²) in [7, 11) is 0. The van der Waals surface area contributed by atoms with Gasteiger partial charge in [-0.2, -0.15) is 0 Å². The van der Waals surface area contributed by atoms with Gasteiger partial charge in [0, 0.05) is 19.3 Å². The Bertz CT molecular complexity index is 444. The first-order valence-corrected chi connectivity index (χ1v) is 5.38. The van der Waals surface area contributed by atoms with Crippen LogP contribution in [0.15, 0.2) is 12.4 Å². The molecule has 0 unspecified atom stereocenters. The van der Waals surface area contributed by atoms with Gasteiger partial charge in [-0.15, -0.1) is 0 Å². The van der Waals surface area contributed by atoms with Gasteiger partial charge in [-0.25, -0.2) is 4.98 Å². The Kier molecular flexibility index (Phi) is 3.03. The highest BCUT2D eigenvalue weighted by Gasteiger charge is 2.31. The van der Waals surface area contributed by atoms with Crippen LogP contribution in [-0.2, 0) is 4.79 Å². The van der Waals surface area contributed by atoms with E-state index in [9.17, 15) is 9.59 Å². The number of hydrogen-bond donors (Lipinski definition) is 1. The lowest BCUT2D eigenvalue weighted by atomic mass is 10.1. The van der Waals surface area contributed by atoms with E-state index < -0.39 is 11.9 Å². The predicted octanol–water partition coefficient (Wildman–Crippen LogP) is 0.332. The third kappa shape index (κ3) is 2.41. The molecule has 0 aromatic carbocycles. The van der Waals surface area contributed by atoms with Crippen molar-refractivity contribution in [2.75, 3.05) is 13.1 Å². The van der Waals surface area contributed by atoms with Crippen LogP contribution in [0.2, 0.25) is 0 Å². The van der Waals surface area contributed by atoms with Gasteiger partial charge >= 0.3 is 5.97 Å². The summed E-state index contributed by atoms with van der Waals surface area (Å²) >= 11 is 0. The van der Waals surface area contributed by atoms with Crippen molar-refractivity contribution in [3.8, 4) is 0 Å². The molecular weight excluding hydrogens is 222 g/mol. The van der Waals surface area contributed by atoms with Crippen molar-refractivity contribution in [1.29, 1.82) is 0 Å². The van der Waals surface area contributed by atoms with E-state index in [-0.39, 0.29) is 18.1 Å². The van der Waals surface area contributed by atoms with Crippen LogP contribution in [-0.4, -0.2) is 44.9 Å². The zero-order chi connectivity index (χ0) is 12.4. The molecule has 1 fully saturated rings. The van der Waals surface area contributed by atoms with Crippen LogP contribution < -0.4 is 0 Å². The molecule has 1 aliphatic rings. The quantitative estimate of drug-likeness (QED) is 0.798. The number of nitrogens with zero attached hydrogens (tertiary/aromatic N) is 3. The fourth-order valence-corrected chi connectivity index (χ4v) is 1.81. The number of aryl methyl sites for hydroxylation is 1. The van der Waals surface area contributed by atoms with Crippen molar-refractivity contribution < 1.29 is 14.7 Å². The highest BCUT2D eigenvalue weighted by atomic mass is 16.4. The summed E-state index contributed by atoms with van der Waals surface area (Å²) < 4.78 is 0. The zero-order valence-electron chi connectivity index (χ0n) is 9.46. The maximum atomic E-state index is 12.0. The molecule has 1 aromatic heterocycles. The Morgan fingerprint density at radius 2 is 2.18 bits per heavy atom. The lowest BCUT2D eigenvalue weighted by molar-refractivity contribution is -0.141. The van der Waals surface area contributed by atoms with E-state index in [1.165, 1.54) is 17.3 Å². The van der Waals surface area contributed by atoms with E-state index in [2.05, 4.69) is 9.97 Å². The molecule has 1 atom stereocenters. The van der Waals surface area contributed by atoms with Gasteiger partial charge < -0.3 is 10.0 Å². The summed E-state index contributed by atoms with van der Waals surface area (Å²) in [6.45, 7) is 2.51. The van der Waals surface area contributed by atoms with E-state index in [1.807, 2.05) is 0 Å². The highest BCUT2D eigenvalue weighted by Crippen LogP contribution is 2.17. The largest absolute Gasteiger partial charge is 0.481 e. The van der Waals surface area contributed by atoms with Crippen LogP contribution in [0.3, 0.4) is 0 Å². The predicted molar refractivity (Wildman–Crippen MR) is 58.4 cm³/mol. The second-order valence-corrected chi connectivity index (χ2v) is 4.12. The molecule has 2 rings (SSSR count). The second kappa shape index (κ2) is 4.48. The molecule has 0 radical (unpaired) electrons. The summed E-state index contributed by atoms with van der Waals surface area (Å²) in [6, 6.07) is 0. The first-order valence-electron chi connectivity index (χ1n) is 5.38. The van der Waals surface area contributed by atoms with Gasteiger partial charge in [-0.05, 0) is 13.3 Å². The Morgan fingerprint density at radius 3 is 2.71 bits per heavy atom. The van der Waals surface area contributed by atoms with Gasteiger partial charge in [-0.3, -0.25) is 14.6 Å². The molecule has 1 aromatic rings. The number of amides is 1. The molecule has 1 N–H and O–H groups in total. The van der Waals surface area contributed by atoms with Gasteiger partial charge in [0.25, 0.3) is 5.91 Å². The maximum Gasteiger partial charge on any atom is 0.308 e. The minimum Gasteiger partial charge on any atom is -0.481 e. The van der Waals surface area contributed by atoms with Crippen LogP contribution >= 0.6 is 0 Å². The maximum absolute atomic E-state index is 12.0. The Balaban J connectivity index is 2.07. The average Bonchev–Trinajstić information content (AvgIpc) is 2.78. The third-order valence-electron chi connectivity index (χ3n) is 2.82. The molecular formula is C11H13N3O3. The fraction of sp³-hybridized carbons (Fsp3) is 0.455. The zero-order valence-corrected chi connectivity index (χ0v) is 9.46. The van der Waals surface area contributed by atoms with E-state index in [0.717, 1.165) is 5.69 Å². The average molecular weight is 235 g/mol. The van der Waals surface area contributed by atoms with Gasteiger partial charge in [0.1, 0.15) is 5.69 Å². The second-order valence-electron chi connectivity index (χ2n) is 4.12. The van der Waals surface area contributed by atoms with Crippen molar-refractivity contribution >= 4 is 11.9 Å². The molecule has 90 valence electrons. The normalized spacial score (nSPS) is 19.4. The van der Waals surface area contributed by atoms with Crippen LogP contribution in [0.25, 0.3) is 0 Å². The van der Waals surface area contributed by atoms with Crippen LogP contribution in [0.4, 0.5) is 0 Å². The van der Waals surface area contributed by atoms with Gasteiger partial charge in [0.2, 0.25) is 0 Å². The summed E-state index contributed by atoms with van der Waals surface area (Å²) in [4.78, 5) is 32.2. The SMILES string of the molecule is Cc1cnc(C(=O)N2CC[C@H](C(=O)O)C2)cn1. The molecule has 0 bridgehead atoms. The number of likely N-dealkylation sites (tertiary alicyclic amines) is 1. The summed E-state index contributed by atoms with van der Waals surface area (Å²) in [6.07, 6.45) is 3.45. The fourth-order valence-electron chi connectivity index (χ4n) is 1.81. The number of carbonyl (C=O) groups excluding carboxylic acids is 1. The lowest BCUT2D eigenvalue weighted by Gasteiger charge is -2.14. The van der Waals surface area contributed by atoms with E-state index in [1.54, 1.807) is 6.92 Å². The number of aromatic nitrogens is 2. The number of carboxylic acids is 1. The Morgan fingerprint density at radius 1 is 1.41 bits per heavy atom. The summed E-state index contributed by atoms with van der Waals surface area (Å²) in [5.74, 6) is -1.56. The number of aliphatic carboxylic acids is 1. The Hall–Kier alpha value is -1.98. The smallest absolute Gasteiger partial charge is 0.308 e. The summed E-state index contributed by atoms with van der Waals surface area (Å²) in [5, 5.41) is 8.85. The molecule has 2 heterocycles. The van der Waals surface area contributed by atoms with Crippen molar-refractivity contribution in [3.05, 3.63) is 23.8 Å². The number of carbonyl (C=O) groups is 2. The van der Waals surface area contributed by atoms with Crippen LogP contribution in [0.1, 0.15) is 22.6 Å². The number of rotatable bonds is 2. The standard InChI is InChI=1S/C11H13N3O3/c1-7-4-13-9(5-12-7)10(15)14-3-2-8(6-14)11(16)17/h4-5,8H,2-3,6H2,1H3,(H,16,17)/t8-/m0/s1. The topological polar surface area (TPSA) is 83.4 Å². The first kappa shape index (κ1) is 11.5. The molecule has 0 saturated carbocycles. The first-order chi connectivity index (χ1) is 8.08.